The fraction of sp³-hybridized carbons (Fsp3) is 0.800. The van der Waals surface area contributed by atoms with Gasteiger partial charge in [-0.25, -0.2) is 0 Å². The lowest BCUT2D eigenvalue weighted by molar-refractivity contribution is -0.0225. The van der Waals surface area contributed by atoms with Crippen LogP contribution >= 0.6 is 15.9 Å². The molecule has 21 heavy (non-hydrogen) atoms. The van der Waals surface area contributed by atoms with Crippen LogP contribution in [0.4, 0.5) is 0 Å². The van der Waals surface area contributed by atoms with Crippen LogP contribution in [0, 0.1) is 6.92 Å². The predicted octanol–water partition coefficient (Wildman–Crippen LogP) is 1.73. The van der Waals surface area contributed by atoms with Gasteiger partial charge in [-0.05, 0) is 43.7 Å². The highest BCUT2D eigenvalue weighted by Gasteiger charge is 2.36. The molecule has 1 aromatic heterocycles. The highest BCUT2D eigenvalue weighted by Crippen LogP contribution is 2.27. The summed E-state index contributed by atoms with van der Waals surface area (Å²) >= 11 is 3.68. The van der Waals surface area contributed by atoms with Crippen LogP contribution < -0.4 is 5.32 Å². The van der Waals surface area contributed by atoms with Gasteiger partial charge in [-0.2, -0.15) is 5.10 Å². The maximum absolute atomic E-state index is 5.48. The third-order valence-corrected chi connectivity index (χ3v) is 5.72. The number of aromatic nitrogens is 2. The van der Waals surface area contributed by atoms with Crippen molar-refractivity contribution in [2.24, 2.45) is 7.05 Å². The lowest BCUT2D eigenvalue weighted by Crippen LogP contribution is -2.60. The molecule has 0 saturated carbocycles. The Morgan fingerprint density at radius 2 is 2.00 bits per heavy atom. The molecule has 0 aliphatic carbocycles. The highest BCUT2D eigenvalue weighted by molar-refractivity contribution is 9.10. The molecule has 5 nitrogen and oxygen atoms in total. The van der Waals surface area contributed by atoms with Gasteiger partial charge in [-0.1, -0.05) is 0 Å². The Morgan fingerprint density at radius 3 is 2.48 bits per heavy atom. The molecule has 2 heterocycles. The Balaban J connectivity index is 2.18. The van der Waals surface area contributed by atoms with Gasteiger partial charge in [-0.3, -0.25) is 9.58 Å². The number of hydrogen-bond acceptors (Lipinski definition) is 4. The minimum Gasteiger partial charge on any atom is -0.379 e. The fourth-order valence-electron chi connectivity index (χ4n) is 3.16. The summed E-state index contributed by atoms with van der Waals surface area (Å²) in [6.45, 7) is 10.3. The lowest BCUT2D eigenvalue weighted by Gasteiger charge is -2.45. The second kappa shape index (κ2) is 6.77. The second-order valence-electron chi connectivity index (χ2n) is 6.27. The Hall–Kier alpha value is -0.430. The van der Waals surface area contributed by atoms with Gasteiger partial charge >= 0.3 is 0 Å². The number of nitrogens with one attached hydrogen (secondary N) is 1. The highest BCUT2D eigenvalue weighted by atomic mass is 79.9. The van der Waals surface area contributed by atoms with Crippen LogP contribution in [0.15, 0.2) is 4.47 Å². The van der Waals surface area contributed by atoms with Crippen LogP contribution in [-0.4, -0.2) is 59.6 Å². The van der Waals surface area contributed by atoms with Crippen molar-refractivity contribution in [1.82, 2.24) is 20.0 Å². The number of likely N-dealkylation sites (N-methyl/N-ethyl adjacent to an activating group) is 1. The fourth-order valence-corrected chi connectivity index (χ4v) is 3.66. The number of nitrogens with zero attached hydrogens (tertiary/aromatic N) is 3. The van der Waals surface area contributed by atoms with Crippen LogP contribution in [-0.2, 0) is 18.2 Å². The molecule has 1 aromatic rings. The maximum atomic E-state index is 5.48. The smallest absolute Gasteiger partial charge is 0.0738 e. The average Bonchev–Trinajstić information content (AvgIpc) is 2.71. The zero-order valence-electron chi connectivity index (χ0n) is 13.7. The van der Waals surface area contributed by atoms with E-state index in [2.05, 4.69) is 45.1 Å². The third kappa shape index (κ3) is 3.50. The number of hydrogen-bond donors (Lipinski definition) is 1. The molecule has 1 aliphatic rings. The van der Waals surface area contributed by atoms with Gasteiger partial charge in [0.2, 0.25) is 0 Å². The van der Waals surface area contributed by atoms with Gasteiger partial charge in [0, 0.05) is 38.1 Å². The normalized spacial score (nSPS) is 19.0. The zero-order valence-corrected chi connectivity index (χ0v) is 15.3. The first-order valence-electron chi connectivity index (χ1n) is 7.56. The number of halogens is 1. The van der Waals surface area contributed by atoms with Crippen molar-refractivity contribution in [3.8, 4) is 0 Å². The van der Waals surface area contributed by atoms with Gasteiger partial charge in [0.25, 0.3) is 0 Å². The van der Waals surface area contributed by atoms with Gasteiger partial charge in [0.05, 0.1) is 29.1 Å². The van der Waals surface area contributed by atoms with Gasteiger partial charge in [0.15, 0.2) is 0 Å². The van der Waals surface area contributed by atoms with Crippen molar-refractivity contribution < 1.29 is 4.74 Å². The average molecular weight is 359 g/mol. The van der Waals surface area contributed by atoms with Crippen LogP contribution in [0.2, 0.25) is 0 Å². The maximum Gasteiger partial charge on any atom is 0.0738 e. The van der Waals surface area contributed by atoms with Crippen molar-refractivity contribution >= 4 is 15.9 Å². The molecule has 0 spiro atoms. The number of aryl methyl sites for hydroxylation is 2. The first kappa shape index (κ1) is 16.9. The standard InChI is InChI=1S/C15H27BrN4O/c1-11-14(16)12(19(5)18-11)10-13(17-4)15(2,3)20-6-8-21-9-7-20/h13,17H,6-10H2,1-5H3. The van der Waals surface area contributed by atoms with E-state index in [9.17, 15) is 0 Å². The molecule has 120 valence electrons. The molecule has 0 radical (unpaired) electrons. The molecule has 1 N–H and O–H groups in total. The van der Waals surface area contributed by atoms with E-state index in [1.54, 1.807) is 0 Å². The van der Waals surface area contributed by atoms with E-state index in [0.717, 1.165) is 42.9 Å². The summed E-state index contributed by atoms with van der Waals surface area (Å²) in [5.74, 6) is 0. The van der Waals surface area contributed by atoms with Crippen molar-refractivity contribution in [3.05, 3.63) is 15.9 Å². The molecule has 1 saturated heterocycles. The summed E-state index contributed by atoms with van der Waals surface area (Å²) in [6, 6.07) is 0.349. The van der Waals surface area contributed by atoms with E-state index in [1.165, 1.54) is 5.69 Å². The first-order chi connectivity index (χ1) is 9.87. The molecule has 0 amide bonds. The first-order valence-corrected chi connectivity index (χ1v) is 8.35. The molecular formula is C15H27BrN4O. The monoisotopic (exact) mass is 358 g/mol. The van der Waals surface area contributed by atoms with E-state index >= 15 is 0 Å². The van der Waals surface area contributed by atoms with Crippen molar-refractivity contribution in [2.75, 3.05) is 33.4 Å². The summed E-state index contributed by atoms with van der Waals surface area (Å²) in [7, 11) is 4.06. The molecular weight excluding hydrogens is 332 g/mol. The van der Waals surface area contributed by atoms with Gasteiger partial charge in [0.1, 0.15) is 0 Å². The summed E-state index contributed by atoms with van der Waals surface area (Å²) in [5.41, 5.74) is 2.36. The molecule has 1 aliphatic heterocycles. The molecule has 6 heteroatoms. The zero-order chi connectivity index (χ0) is 15.6. The summed E-state index contributed by atoms with van der Waals surface area (Å²) in [6.07, 6.45) is 0.943. The lowest BCUT2D eigenvalue weighted by atomic mass is 9.88. The number of morpholine rings is 1. The number of ether oxygens (including phenoxy) is 1. The Labute approximate surface area is 136 Å². The Bertz CT molecular complexity index is 480. The van der Waals surface area contributed by atoms with E-state index in [1.807, 2.05) is 25.7 Å². The van der Waals surface area contributed by atoms with Crippen LogP contribution in [0.5, 0.6) is 0 Å². The molecule has 2 rings (SSSR count). The molecule has 1 fully saturated rings. The Kier molecular flexibility index (Phi) is 5.46. The minimum absolute atomic E-state index is 0.0656. The predicted molar refractivity (Wildman–Crippen MR) is 88.7 cm³/mol. The van der Waals surface area contributed by atoms with Crippen LogP contribution in [0.25, 0.3) is 0 Å². The minimum atomic E-state index is 0.0656. The number of rotatable bonds is 5. The molecule has 0 aromatic carbocycles. The summed E-state index contributed by atoms with van der Waals surface area (Å²) in [4.78, 5) is 2.52. The van der Waals surface area contributed by atoms with Gasteiger partial charge in [-0.15, -0.1) is 0 Å². The van der Waals surface area contributed by atoms with Gasteiger partial charge < -0.3 is 10.1 Å². The quantitative estimate of drug-likeness (QED) is 0.870. The molecule has 1 unspecified atom stereocenters. The molecule has 1 atom stereocenters. The summed E-state index contributed by atoms with van der Waals surface area (Å²) < 4.78 is 8.60. The second-order valence-corrected chi connectivity index (χ2v) is 7.06. The van der Waals surface area contributed by atoms with Crippen LogP contribution in [0.1, 0.15) is 25.2 Å². The van der Waals surface area contributed by atoms with E-state index in [0.29, 0.717) is 6.04 Å². The topological polar surface area (TPSA) is 42.3 Å². The van der Waals surface area contributed by atoms with E-state index in [-0.39, 0.29) is 5.54 Å². The van der Waals surface area contributed by atoms with E-state index in [4.69, 9.17) is 4.74 Å². The Morgan fingerprint density at radius 1 is 1.38 bits per heavy atom. The largest absolute Gasteiger partial charge is 0.379 e. The summed E-state index contributed by atoms with van der Waals surface area (Å²) in [5, 5.41) is 8.01. The molecule has 0 bridgehead atoms. The van der Waals surface area contributed by atoms with Crippen LogP contribution in [0.3, 0.4) is 0 Å². The van der Waals surface area contributed by atoms with Crippen molar-refractivity contribution in [1.29, 1.82) is 0 Å². The van der Waals surface area contributed by atoms with Crippen molar-refractivity contribution in [2.45, 2.75) is 38.8 Å². The van der Waals surface area contributed by atoms with Crippen molar-refractivity contribution in [3.63, 3.8) is 0 Å². The van der Waals surface area contributed by atoms with E-state index < -0.39 is 0 Å². The SMILES string of the molecule is CNC(Cc1c(Br)c(C)nn1C)C(C)(C)N1CCOCC1. The third-order valence-electron chi connectivity index (χ3n) is 4.69.